The van der Waals surface area contributed by atoms with Gasteiger partial charge in [0.05, 0.1) is 9.77 Å². The van der Waals surface area contributed by atoms with Gasteiger partial charge in [0.15, 0.2) is 0 Å². The lowest BCUT2D eigenvalue weighted by Crippen LogP contribution is -2.27. The minimum absolute atomic E-state index is 0.210. The number of nitrogens with one attached hydrogen (secondary N) is 1. The maximum atomic E-state index is 12.6. The summed E-state index contributed by atoms with van der Waals surface area (Å²) in [6, 6.07) is 5.51. The fraction of sp³-hybridized carbons (Fsp3) is 0.389. The zero-order valence-corrected chi connectivity index (χ0v) is 16.3. The van der Waals surface area contributed by atoms with Gasteiger partial charge in [0.25, 0.3) is 5.91 Å². The summed E-state index contributed by atoms with van der Waals surface area (Å²) >= 11 is 1.16. The van der Waals surface area contributed by atoms with Gasteiger partial charge in [0, 0.05) is 24.2 Å². The highest BCUT2D eigenvalue weighted by Crippen LogP contribution is 2.27. The number of aryl methyl sites for hydroxylation is 3. The monoisotopic (exact) mass is 378 g/mol. The average Bonchev–Trinajstić information content (AvgIpc) is 3.21. The van der Waals surface area contributed by atoms with Crippen LogP contribution in [0.25, 0.3) is 0 Å². The highest BCUT2D eigenvalue weighted by molar-refractivity contribution is 7.89. The summed E-state index contributed by atoms with van der Waals surface area (Å²) in [5.74, 6) is -0.275. The van der Waals surface area contributed by atoms with E-state index < -0.39 is 10.0 Å². The van der Waals surface area contributed by atoms with Crippen LogP contribution in [-0.4, -0.2) is 31.7 Å². The van der Waals surface area contributed by atoms with Gasteiger partial charge in [-0.05, 0) is 50.8 Å². The van der Waals surface area contributed by atoms with E-state index in [9.17, 15) is 13.2 Å². The first-order valence-corrected chi connectivity index (χ1v) is 10.6. The van der Waals surface area contributed by atoms with Gasteiger partial charge in [-0.15, -0.1) is 11.3 Å². The van der Waals surface area contributed by atoms with E-state index in [0.717, 1.165) is 46.6 Å². The fourth-order valence-corrected chi connectivity index (χ4v) is 5.88. The summed E-state index contributed by atoms with van der Waals surface area (Å²) < 4.78 is 26.6. The number of hydrogen-bond acceptors (Lipinski definition) is 4. The van der Waals surface area contributed by atoms with Crippen molar-refractivity contribution in [2.75, 3.05) is 18.4 Å². The Morgan fingerprint density at radius 3 is 2.28 bits per heavy atom. The highest BCUT2D eigenvalue weighted by atomic mass is 32.2. The number of carbonyl (C=O) groups excluding carboxylic acids is 1. The van der Waals surface area contributed by atoms with Gasteiger partial charge in [0.1, 0.15) is 0 Å². The van der Waals surface area contributed by atoms with E-state index >= 15 is 0 Å². The molecule has 1 aromatic carbocycles. The molecule has 1 amide bonds. The molecular weight excluding hydrogens is 356 g/mol. The zero-order valence-electron chi connectivity index (χ0n) is 14.6. The van der Waals surface area contributed by atoms with Crippen molar-refractivity contribution < 1.29 is 13.2 Å². The van der Waals surface area contributed by atoms with Crippen molar-refractivity contribution in [1.29, 1.82) is 0 Å². The molecule has 2 heterocycles. The molecule has 0 bridgehead atoms. The maximum Gasteiger partial charge on any atom is 0.265 e. The van der Waals surface area contributed by atoms with Crippen LogP contribution in [0.15, 0.2) is 28.5 Å². The molecule has 2 aromatic rings. The van der Waals surface area contributed by atoms with Crippen LogP contribution in [0.3, 0.4) is 0 Å². The molecule has 1 aromatic heterocycles. The normalized spacial score (nSPS) is 15.5. The van der Waals surface area contributed by atoms with Crippen molar-refractivity contribution >= 4 is 33.0 Å². The van der Waals surface area contributed by atoms with E-state index in [1.54, 1.807) is 5.38 Å². The van der Waals surface area contributed by atoms with Crippen LogP contribution < -0.4 is 5.32 Å². The lowest BCUT2D eigenvalue weighted by atomic mass is 10.1. The Labute approximate surface area is 152 Å². The number of sulfonamides is 1. The molecule has 1 aliphatic rings. The molecule has 0 aliphatic carbocycles. The first-order valence-electron chi connectivity index (χ1n) is 8.27. The third-order valence-electron chi connectivity index (χ3n) is 4.42. The van der Waals surface area contributed by atoms with Gasteiger partial charge < -0.3 is 5.32 Å². The molecule has 0 saturated carbocycles. The predicted octanol–water partition coefficient (Wildman–Crippen LogP) is 3.71. The van der Waals surface area contributed by atoms with Gasteiger partial charge >= 0.3 is 0 Å². The summed E-state index contributed by atoms with van der Waals surface area (Å²) in [5, 5.41) is 4.47. The van der Waals surface area contributed by atoms with Crippen molar-refractivity contribution in [3.63, 3.8) is 0 Å². The molecule has 7 heteroatoms. The van der Waals surface area contributed by atoms with E-state index in [2.05, 4.69) is 5.32 Å². The van der Waals surface area contributed by atoms with Crippen LogP contribution in [0, 0.1) is 20.8 Å². The molecule has 5 nitrogen and oxygen atoms in total. The number of hydrogen-bond donors (Lipinski definition) is 1. The lowest BCUT2D eigenvalue weighted by molar-refractivity contribution is 0.103. The van der Waals surface area contributed by atoms with Crippen LogP contribution in [0.5, 0.6) is 0 Å². The van der Waals surface area contributed by atoms with Crippen LogP contribution in [-0.2, 0) is 10.0 Å². The van der Waals surface area contributed by atoms with Crippen molar-refractivity contribution in [2.24, 2.45) is 0 Å². The van der Waals surface area contributed by atoms with Crippen molar-refractivity contribution in [2.45, 2.75) is 38.5 Å². The Hall–Kier alpha value is -1.70. The number of anilines is 1. The summed E-state index contributed by atoms with van der Waals surface area (Å²) in [4.78, 5) is 13.2. The van der Waals surface area contributed by atoms with E-state index in [0.29, 0.717) is 18.0 Å². The second-order valence-corrected chi connectivity index (χ2v) is 9.33. The predicted molar refractivity (Wildman–Crippen MR) is 101 cm³/mol. The molecule has 0 radical (unpaired) electrons. The SMILES string of the molecule is Cc1cc(C)c(NC(=O)c2cc(S(=O)(=O)N3CCCC3)cs2)c(C)c1. The van der Waals surface area contributed by atoms with Gasteiger partial charge in [0.2, 0.25) is 10.0 Å². The van der Waals surface area contributed by atoms with Gasteiger partial charge in [-0.2, -0.15) is 4.31 Å². The van der Waals surface area contributed by atoms with Gasteiger partial charge in [-0.1, -0.05) is 17.7 Å². The average molecular weight is 379 g/mol. The molecule has 1 saturated heterocycles. The molecule has 1 N–H and O–H groups in total. The Morgan fingerprint density at radius 2 is 1.68 bits per heavy atom. The zero-order chi connectivity index (χ0) is 18.2. The van der Waals surface area contributed by atoms with E-state index in [4.69, 9.17) is 0 Å². The molecule has 1 fully saturated rings. The lowest BCUT2D eigenvalue weighted by Gasteiger charge is -2.14. The van der Waals surface area contributed by atoms with E-state index in [1.165, 1.54) is 10.4 Å². The fourth-order valence-electron chi connectivity index (χ4n) is 3.20. The number of carbonyl (C=O) groups is 1. The van der Waals surface area contributed by atoms with E-state index in [-0.39, 0.29) is 10.8 Å². The minimum Gasteiger partial charge on any atom is -0.321 e. The Kier molecular flexibility index (Phi) is 4.99. The largest absolute Gasteiger partial charge is 0.321 e. The van der Waals surface area contributed by atoms with Gasteiger partial charge in [-0.25, -0.2) is 8.42 Å². The summed E-state index contributed by atoms with van der Waals surface area (Å²) in [7, 11) is -3.48. The molecule has 0 atom stereocenters. The standard InChI is InChI=1S/C18H22N2O3S2/c1-12-8-13(2)17(14(3)9-12)19-18(21)16-10-15(11-24-16)25(22,23)20-6-4-5-7-20/h8-11H,4-7H2,1-3H3,(H,19,21). The summed E-state index contributed by atoms with van der Waals surface area (Å²) in [5.41, 5.74) is 3.91. The number of amides is 1. The molecule has 0 unspecified atom stereocenters. The van der Waals surface area contributed by atoms with Crippen molar-refractivity contribution in [3.8, 4) is 0 Å². The first kappa shape index (κ1) is 18.1. The smallest absolute Gasteiger partial charge is 0.265 e. The molecule has 1 aliphatic heterocycles. The molecule has 0 spiro atoms. The quantitative estimate of drug-likeness (QED) is 0.882. The Balaban J connectivity index is 1.82. The molecule has 3 rings (SSSR count). The van der Waals surface area contributed by atoms with Crippen molar-refractivity contribution in [3.05, 3.63) is 45.1 Å². The minimum atomic E-state index is -3.48. The number of rotatable bonds is 4. The molecule has 134 valence electrons. The number of thiophene rings is 1. The topological polar surface area (TPSA) is 66.5 Å². The van der Waals surface area contributed by atoms with Crippen LogP contribution in [0.4, 0.5) is 5.69 Å². The second kappa shape index (κ2) is 6.90. The highest BCUT2D eigenvalue weighted by Gasteiger charge is 2.28. The van der Waals surface area contributed by atoms with Crippen LogP contribution in [0.2, 0.25) is 0 Å². The summed E-state index contributed by atoms with van der Waals surface area (Å²) in [6.45, 7) is 7.03. The van der Waals surface area contributed by atoms with Crippen LogP contribution in [0.1, 0.15) is 39.2 Å². The number of benzene rings is 1. The Bertz CT molecular complexity index is 887. The molecule has 25 heavy (non-hydrogen) atoms. The Morgan fingerprint density at radius 1 is 1.08 bits per heavy atom. The summed E-state index contributed by atoms with van der Waals surface area (Å²) in [6.07, 6.45) is 1.78. The van der Waals surface area contributed by atoms with Gasteiger partial charge in [-0.3, -0.25) is 4.79 Å². The van der Waals surface area contributed by atoms with Crippen molar-refractivity contribution in [1.82, 2.24) is 4.31 Å². The first-order chi connectivity index (χ1) is 11.8. The number of nitrogens with zero attached hydrogens (tertiary/aromatic N) is 1. The second-order valence-electron chi connectivity index (χ2n) is 6.49. The molecular formula is C18H22N2O3S2. The van der Waals surface area contributed by atoms with Crippen LogP contribution >= 0.6 is 11.3 Å². The third-order valence-corrected chi connectivity index (χ3v) is 7.37. The third kappa shape index (κ3) is 3.63. The van der Waals surface area contributed by atoms with E-state index in [1.807, 2.05) is 32.9 Å². The maximum absolute atomic E-state index is 12.6.